The van der Waals surface area contributed by atoms with E-state index in [0.29, 0.717) is 0 Å². The first kappa shape index (κ1) is 13.9. The third-order valence-electron chi connectivity index (χ3n) is 2.83. The second kappa shape index (κ2) is 6.57. The minimum Gasteiger partial charge on any atom is -0.497 e. The molecule has 2 aromatic carbocycles. The second-order valence-corrected chi connectivity index (χ2v) is 4.47. The standard InChI is InChI=1S/C17H17NO2/c1-13-4-3-5-14(12-13)6-11-17(19)18-15-7-9-16(20-2)10-8-15/h3-12H,1-2H3,(H,18,19). The first-order valence-corrected chi connectivity index (χ1v) is 6.37. The van der Waals surface area contributed by atoms with E-state index >= 15 is 0 Å². The molecular formula is C17H17NO2. The molecule has 1 amide bonds. The molecule has 0 fully saturated rings. The lowest BCUT2D eigenvalue weighted by Crippen LogP contribution is -2.07. The normalized spacial score (nSPS) is 10.5. The highest BCUT2D eigenvalue weighted by atomic mass is 16.5. The van der Waals surface area contributed by atoms with Crippen molar-refractivity contribution in [3.63, 3.8) is 0 Å². The van der Waals surface area contributed by atoms with Crippen LogP contribution in [0.1, 0.15) is 11.1 Å². The molecule has 0 aliphatic rings. The van der Waals surface area contributed by atoms with Gasteiger partial charge in [-0.2, -0.15) is 0 Å². The van der Waals surface area contributed by atoms with E-state index in [9.17, 15) is 4.79 Å². The summed E-state index contributed by atoms with van der Waals surface area (Å²) in [5.41, 5.74) is 2.92. The number of ether oxygens (including phenoxy) is 1. The summed E-state index contributed by atoms with van der Waals surface area (Å²) in [5, 5.41) is 2.80. The average molecular weight is 267 g/mol. The maximum absolute atomic E-state index is 11.8. The number of carbonyl (C=O) groups excluding carboxylic acids is 1. The molecule has 102 valence electrons. The Morgan fingerprint density at radius 1 is 1.15 bits per heavy atom. The van der Waals surface area contributed by atoms with E-state index in [1.807, 2.05) is 31.2 Å². The molecule has 0 aliphatic heterocycles. The molecule has 0 spiro atoms. The maximum atomic E-state index is 11.8. The molecule has 0 atom stereocenters. The lowest BCUT2D eigenvalue weighted by molar-refractivity contribution is -0.111. The minimum atomic E-state index is -0.156. The molecule has 0 saturated carbocycles. The van der Waals surface area contributed by atoms with Crippen molar-refractivity contribution >= 4 is 17.7 Å². The van der Waals surface area contributed by atoms with Crippen LogP contribution in [0.3, 0.4) is 0 Å². The number of amides is 1. The molecule has 20 heavy (non-hydrogen) atoms. The lowest BCUT2D eigenvalue weighted by atomic mass is 10.1. The molecule has 3 heteroatoms. The Morgan fingerprint density at radius 2 is 1.90 bits per heavy atom. The summed E-state index contributed by atoms with van der Waals surface area (Å²) in [6.45, 7) is 2.02. The van der Waals surface area contributed by atoms with Crippen molar-refractivity contribution < 1.29 is 9.53 Å². The van der Waals surface area contributed by atoms with Crippen molar-refractivity contribution in [1.82, 2.24) is 0 Å². The van der Waals surface area contributed by atoms with Gasteiger partial charge in [0.15, 0.2) is 0 Å². The molecule has 0 saturated heterocycles. The predicted molar refractivity (Wildman–Crippen MR) is 81.8 cm³/mol. The highest BCUT2D eigenvalue weighted by Gasteiger charge is 1.98. The van der Waals surface area contributed by atoms with E-state index in [1.54, 1.807) is 37.5 Å². The van der Waals surface area contributed by atoms with Gasteiger partial charge in [0.25, 0.3) is 0 Å². The van der Waals surface area contributed by atoms with Crippen LogP contribution < -0.4 is 10.1 Å². The number of carbonyl (C=O) groups is 1. The molecule has 0 radical (unpaired) electrons. The number of aryl methyl sites for hydroxylation is 1. The average Bonchev–Trinajstić information content (AvgIpc) is 2.46. The number of hydrogen-bond acceptors (Lipinski definition) is 2. The summed E-state index contributed by atoms with van der Waals surface area (Å²) in [4.78, 5) is 11.8. The fourth-order valence-corrected chi connectivity index (χ4v) is 1.80. The Labute approximate surface area is 118 Å². The number of benzene rings is 2. The first-order chi connectivity index (χ1) is 9.67. The Hall–Kier alpha value is -2.55. The number of anilines is 1. The van der Waals surface area contributed by atoms with Gasteiger partial charge in [0.2, 0.25) is 5.91 Å². The van der Waals surface area contributed by atoms with Crippen molar-refractivity contribution in [3.8, 4) is 5.75 Å². The zero-order chi connectivity index (χ0) is 14.4. The molecule has 0 aromatic heterocycles. The van der Waals surface area contributed by atoms with Crippen molar-refractivity contribution in [1.29, 1.82) is 0 Å². The van der Waals surface area contributed by atoms with Crippen LogP contribution in [0.5, 0.6) is 5.75 Å². The zero-order valence-electron chi connectivity index (χ0n) is 11.6. The quantitative estimate of drug-likeness (QED) is 0.859. The van der Waals surface area contributed by atoms with Gasteiger partial charge in [0.05, 0.1) is 7.11 Å². The van der Waals surface area contributed by atoms with Gasteiger partial charge < -0.3 is 10.1 Å². The van der Waals surface area contributed by atoms with Gasteiger partial charge in [0.1, 0.15) is 5.75 Å². The molecule has 1 N–H and O–H groups in total. The minimum absolute atomic E-state index is 0.156. The smallest absolute Gasteiger partial charge is 0.248 e. The summed E-state index contributed by atoms with van der Waals surface area (Å²) in [6, 6.07) is 15.2. The van der Waals surface area contributed by atoms with Crippen molar-refractivity contribution in [2.45, 2.75) is 6.92 Å². The molecular weight excluding hydrogens is 250 g/mol. The van der Waals surface area contributed by atoms with Crippen molar-refractivity contribution in [2.75, 3.05) is 12.4 Å². The molecule has 0 heterocycles. The number of nitrogens with one attached hydrogen (secondary N) is 1. The molecule has 3 nitrogen and oxygen atoms in total. The predicted octanol–water partition coefficient (Wildman–Crippen LogP) is 3.66. The summed E-state index contributed by atoms with van der Waals surface area (Å²) in [7, 11) is 1.61. The van der Waals surface area contributed by atoms with E-state index in [4.69, 9.17) is 4.74 Å². The van der Waals surface area contributed by atoms with Crippen molar-refractivity contribution in [2.24, 2.45) is 0 Å². The van der Waals surface area contributed by atoms with Crippen LogP contribution in [-0.4, -0.2) is 13.0 Å². The molecule has 2 rings (SSSR count). The van der Waals surface area contributed by atoms with Gasteiger partial charge in [0, 0.05) is 11.8 Å². The topological polar surface area (TPSA) is 38.3 Å². The molecule has 0 bridgehead atoms. The SMILES string of the molecule is COc1ccc(NC(=O)C=Cc2cccc(C)c2)cc1. The molecule has 0 unspecified atom stereocenters. The number of rotatable bonds is 4. The summed E-state index contributed by atoms with van der Waals surface area (Å²) >= 11 is 0. The largest absolute Gasteiger partial charge is 0.497 e. The van der Waals surface area contributed by atoms with Crippen LogP contribution in [0.4, 0.5) is 5.69 Å². The van der Waals surface area contributed by atoms with Crippen LogP contribution in [-0.2, 0) is 4.79 Å². The van der Waals surface area contributed by atoms with E-state index < -0.39 is 0 Å². The summed E-state index contributed by atoms with van der Waals surface area (Å²) in [5.74, 6) is 0.606. The monoisotopic (exact) mass is 267 g/mol. The first-order valence-electron chi connectivity index (χ1n) is 6.37. The van der Waals surface area contributed by atoms with Gasteiger partial charge in [-0.3, -0.25) is 4.79 Å². The van der Waals surface area contributed by atoms with E-state index in [-0.39, 0.29) is 5.91 Å². The number of hydrogen-bond donors (Lipinski definition) is 1. The molecule has 2 aromatic rings. The van der Waals surface area contributed by atoms with Gasteiger partial charge >= 0.3 is 0 Å². The lowest BCUT2D eigenvalue weighted by Gasteiger charge is -2.03. The van der Waals surface area contributed by atoms with Gasteiger partial charge in [-0.15, -0.1) is 0 Å². The Kier molecular flexibility index (Phi) is 4.56. The van der Waals surface area contributed by atoms with Gasteiger partial charge in [-0.05, 0) is 42.8 Å². The molecule has 0 aliphatic carbocycles. The van der Waals surface area contributed by atoms with Crippen LogP contribution in [0.25, 0.3) is 6.08 Å². The summed E-state index contributed by atoms with van der Waals surface area (Å²) in [6.07, 6.45) is 3.32. The van der Waals surface area contributed by atoms with Gasteiger partial charge in [-0.1, -0.05) is 29.8 Å². The Bertz CT molecular complexity index is 615. The maximum Gasteiger partial charge on any atom is 0.248 e. The van der Waals surface area contributed by atoms with E-state index in [2.05, 4.69) is 5.32 Å². The van der Waals surface area contributed by atoms with Crippen LogP contribution in [0, 0.1) is 6.92 Å². The highest BCUT2D eigenvalue weighted by molar-refractivity contribution is 6.01. The van der Waals surface area contributed by atoms with E-state index in [0.717, 1.165) is 17.0 Å². The zero-order valence-corrected chi connectivity index (χ0v) is 11.6. The second-order valence-electron chi connectivity index (χ2n) is 4.47. The Morgan fingerprint density at radius 3 is 2.55 bits per heavy atom. The van der Waals surface area contributed by atoms with Crippen LogP contribution in [0.2, 0.25) is 0 Å². The van der Waals surface area contributed by atoms with Crippen LogP contribution in [0.15, 0.2) is 54.6 Å². The van der Waals surface area contributed by atoms with E-state index in [1.165, 1.54) is 11.6 Å². The third kappa shape index (κ3) is 3.99. The third-order valence-corrected chi connectivity index (χ3v) is 2.83. The summed E-state index contributed by atoms with van der Waals surface area (Å²) < 4.78 is 5.06. The van der Waals surface area contributed by atoms with Crippen LogP contribution >= 0.6 is 0 Å². The fraction of sp³-hybridized carbons (Fsp3) is 0.118. The number of methoxy groups -OCH3 is 1. The van der Waals surface area contributed by atoms with Gasteiger partial charge in [-0.25, -0.2) is 0 Å². The highest BCUT2D eigenvalue weighted by Crippen LogP contribution is 2.15. The van der Waals surface area contributed by atoms with Crippen molar-refractivity contribution in [3.05, 3.63) is 65.7 Å². The fourth-order valence-electron chi connectivity index (χ4n) is 1.80. The Balaban J connectivity index is 1.98.